The smallest absolute Gasteiger partial charge is 0.191 e. The van der Waals surface area contributed by atoms with Crippen LogP contribution in [0.5, 0.6) is 0 Å². The van der Waals surface area contributed by atoms with Gasteiger partial charge in [0.1, 0.15) is 0 Å². The molecule has 22 heavy (non-hydrogen) atoms. The lowest BCUT2D eigenvalue weighted by atomic mass is 10.2. The summed E-state index contributed by atoms with van der Waals surface area (Å²) in [5.41, 5.74) is 1.22. The van der Waals surface area contributed by atoms with Crippen molar-refractivity contribution in [3.63, 3.8) is 0 Å². The summed E-state index contributed by atoms with van der Waals surface area (Å²) < 4.78 is 7.28. The molecule has 0 unspecified atom stereocenters. The van der Waals surface area contributed by atoms with Crippen molar-refractivity contribution in [2.24, 2.45) is 0 Å². The van der Waals surface area contributed by atoms with Gasteiger partial charge in [0.05, 0.1) is 0 Å². The molecule has 0 bridgehead atoms. The Morgan fingerprint density at radius 2 is 1.73 bits per heavy atom. The average molecular weight is 381 g/mol. The minimum atomic E-state index is -1.57. The van der Waals surface area contributed by atoms with Crippen LogP contribution in [-0.2, 0) is 4.43 Å². The molecule has 0 spiro atoms. The van der Waals surface area contributed by atoms with Crippen molar-refractivity contribution in [1.82, 2.24) is 0 Å². The molecule has 0 atom stereocenters. The quantitative estimate of drug-likeness (QED) is 0.286. The predicted molar refractivity (Wildman–Crippen MR) is 105 cm³/mol. The van der Waals surface area contributed by atoms with Gasteiger partial charge in [-0.1, -0.05) is 73.1 Å². The van der Waals surface area contributed by atoms with Gasteiger partial charge in [0, 0.05) is 11.1 Å². The lowest BCUT2D eigenvalue weighted by molar-refractivity contribution is 0.283. The molecule has 0 aliphatic heterocycles. The molecule has 0 heterocycles. The maximum Gasteiger partial charge on any atom is 0.191 e. The molecule has 0 amide bonds. The van der Waals surface area contributed by atoms with Crippen LogP contribution < -0.4 is 0 Å². The second-order valence-electron chi connectivity index (χ2n) is 7.09. The van der Waals surface area contributed by atoms with Gasteiger partial charge in [-0.2, -0.15) is 0 Å². The second-order valence-corrected chi connectivity index (χ2v) is 12.8. The van der Waals surface area contributed by atoms with Gasteiger partial charge in [-0.3, -0.25) is 0 Å². The molecule has 0 radical (unpaired) electrons. The van der Waals surface area contributed by atoms with Crippen LogP contribution in [0.15, 0.2) is 47.0 Å². The van der Waals surface area contributed by atoms with Gasteiger partial charge in [0.25, 0.3) is 0 Å². The predicted octanol–water partition coefficient (Wildman–Crippen LogP) is 6.82. The van der Waals surface area contributed by atoms with E-state index in [1.54, 1.807) is 0 Å². The van der Waals surface area contributed by atoms with E-state index >= 15 is 0 Å². The first-order valence-corrected chi connectivity index (χ1v) is 11.7. The third-order valence-corrected chi connectivity index (χ3v) is 9.26. The van der Waals surface area contributed by atoms with E-state index in [1.807, 2.05) is 0 Å². The summed E-state index contributed by atoms with van der Waals surface area (Å²) in [6.45, 7) is 12.3. The number of allylic oxidation sites excluding steroid dienone is 3. The van der Waals surface area contributed by atoms with E-state index in [9.17, 15) is 0 Å². The zero-order valence-corrected chi connectivity index (χ0v) is 17.1. The largest absolute Gasteiger partial charge is 0.417 e. The highest BCUT2D eigenvalue weighted by atomic mass is 79.9. The van der Waals surface area contributed by atoms with Crippen LogP contribution in [0, 0.1) is 0 Å². The third-order valence-electron chi connectivity index (χ3n) is 4.19. The summed E-state index contributed by atoms with van der Waals surface area (Å²) in [7, 11) is -1.57. The lowest BCUT2D eigenvalue weighted by Gasteiger charge is -2.36. The summed E-state index contributed by atoms with van der Waals surface area (Å²) in [6.07, 6.45) is 10.7. The zero-order chi connectivity index (χ0) is 16.6. The summed E-state index contributed by atoms with van der Waals surface area (Å²) >= 11 is 3.44. The maximum absolute atomic E-state index is 6.16. The molecule has 0 saturated carbocycles. The minimum absolute atomic E-state index is 0.302. The van der Waals surface area contributed by atoms with Crippen molar-refractivity contribution in [3.8, 4) is 0 Å². The zero-order valence-electron chi connectivity index (χ0n) is 14.5. The molecule has 0 saturated heterocycles. The highest BCUT2D eigenvalue weighted by molar-refractivity contribution is 9.10. The van der Waals surface area contributed by atoms with E-state index in [0.717, 1.165) is 23.9 Å². The topological polar surface area (TPSA) is 9.23 Å². The first kappa shape index (κ1) is 19.4. The molecular formula is C19H29BrOSi. The first-order valence-electron chi connectivity index (χ1n) is 7.95. The van der Waals surface area contributed by atoms with Crippen LogP contribution in [0.1, 0.15) is 39.2 Å². The van der Waals surface area contributed by atoms with Crippen LogP contribution in [0.3, 0.4) is 0 Å². The summed E-state index contributed by atoms with van der Waals surface area (Å²) in [4.78, 5) is 0. The molecule has 122 valence electrons. The molecule has 1 aromatic carbocycles. The number of hydrogen-bond donors (Lipinski definition) is 0. The molecule has 0 N–H and O–H groups in total. The SMILES string of the molecule is CC(C)(C)[Si](C)(C)OCCC/C=C/C=C/c1ccc(Br)cc1. The summed E-state index contributed by atoms with van der Waals surface area (Å²) in [5, 5.41) is 0.302. The molecule has 1 nitrogen and oxygen atoms in total. The third kappa shape index (κ3) is 7.08. The van der Waals surface area contributed by atoms with Crippen LogP contribution in [0.25, 0.3) is 6.08 Å². The standard InChI is InChI=1S/C19H29BrOSi/c1-19(2,3)22(4,5)21-16-10-8-6-7-9-11-17-12-14-18(20)15-13-17/h6-7,9,11-15H,8,10,16H2,1-5H3/b7-6+,11-9+. The molecule has 0 fully saturated rings. The van der Waals surface area contributed by atoms with Crippen molar-refractivity contribution in [3.05, 3.63) is 52.5 Å². The molecular weight excluding hydrogens is 352 g/mol. The van der Waals surface area contributed by atoms with Crippen LogP contribution >= 0.6 is 15.9 Å². The van der Waals surface area contributed by atoms with E-state index in [2.05, 4.69) is 98.4 Å². The maximum atomic E-state index is 6.16. The van der Waals surface area contributed by atoms with Crippen LogP contribution in [0.2, 0.25) is 18.1 Å². The normalized spacial score (nSPS) is 13.4. The highest BCUT2D eigenvalue weighted by Gasteiger charge is 2.36. The Bertz CT molecular complexity index is 495. The van der Waals surface area contributed by atoms with Crippen molar-refractivity contribution >= 4 is 30.3 Å². The fraction of sp³-hybridized carbons (Fsp3) is 0.474. The summed E-state index contributed by atoms with van der Waals surface area (Å²) in [6, 6.07) is 8.31. The average Bonchev–Trinajstić information content (AvgIpc) is 2.42. The summed E-state index contributed by atoms with van der Waals surface area (Å²) in [5.74, 6) is 0. The number of hydrogen-bond acceptors (Lipinski definition) is 1. The van der Waals surface area contributed by atoms with Gasteiger partial charge < -0.3 is 4.43 Å². The van der Waals surface area contributed by atoms with Gasteiger partial charge in [-0.15, -0.1) is 0 Å². The van der Waals surface area contributed by atoms with Crippen LogP contribution in [0.4, 0.5) is 0 Å². The van der Waals surface area contributed by atoms with Crippen molar-refractivity contribution in [2.45, 2.75) is 51.7 Å². The van der Waals surface area contributed by atoms with Gasteiger partial charge in [0.15, 0.2) is 8.32 Å². The van der Waals surface area contributed by atoms with Gasteiger partial charge in [-0.25, -0.2) is 0 Å². The van der Waals surface area contributed by atoms with Crippen molar-refractivity contribution in [2.75, 3.05) is 6.61 Å². The van der Waals surface area contributed by atoms with Gasteiger partial charge in [0.2, 0.25) is 0 Å². The molecule has 3 heteroatoms. The molecule has 0 aliphatic rings. The lowest BCUT2D eigenvalue weighted by Crippen LogP contribution is -2.40. The number of halogens is 1. The Hall–Kier alpha value is -0.643. The number of benzene rings is 1. The number of rotatable bonds is 7. The second kappa shape index (κ2) is 8.85. The molecule has 0 aromatic heterocycles. The monoisotopic (exact) mass is 380 g/mol. The van der Waals surface area contributed by atoms with E-state index in [4.69, 9.17) is 4.43 Å². The fourth-order valence-corrected chi connectivity index (χ4v) is 3.01. The number of unbranched alkanes of at least 4 members (excludes halogenated alkanes) is 1. The van der Waals surface area contributed by atoms with E-state index in [1.165, 1.54) is 5.56 Å². The highest BCUT2D eigenvalue weighted by Crippen LogP contribution is 2.36. The Morgan fingerprint density at radius 3 is 2.32 bits per heavy atom. The van der Waals surface area contributed by atoms with Gasteiger partial charge >= 0.3 is 0 Å². The Labute approximate surface area is 145 Å². The molecule has 0 aliphatic carbocycles. The van der Waals surface area contributed by atoms with Crippen LogP contribution in [-0.4, -0.2) is 14.9 Å². The molecule has 1 rings (SSSR count). The Kier molecular flexibility index (Phi) is 7.81. The van der Waals surface area contributed by atoms with Gasteiger partial charge in [-0.05, 0) is 48.7 Å². The van der Waals surface area contributed by atoms with E-state index in [-0.39, 0.29) is 0 Å². The van der Waals surface area contributed by atoms with E-state index in [0.29, 0.717) is 5.04 Å². The van der Waals surface area contributed by atoms with Crippen molar-refractivity contribution < 1.29 is 4.43 Å². The molecule has 1 aromatic rings. The Balaban J connectivity index is 2.23. The minimum Gasteiger partial charge on any atom is -0.417 e. The fourth-order valence-electron chi connectivity index (χ4n) is 1.66. The first-order chi connectivity index (χ1) is 10.2. The Morgan fingerprint density at radius 1 is 1.09 bits per heavy atom. The van der Waals surface area contributed by atoms with Crippen molar-refractivity contribution in [1.29, 1.82) is 0 Å². The van der Waals surface area contributed by atoms with E-state index < -0.39 is 8.32 Å².